The van der Waals surface area contributed by atoms with Crippen molar-refractivity contribution in [1.82, 2.24) is 0 Å². The number of phosphoric ester groups is 1. The Morgan fingerprint density at radius 1 is 1.82 bits per heavy atom. The Balaban J connectivity index is 4.15. The van der Waals surface area contributed by atoms with Gasteiger partial charge in [-0.15, -0.1) is 0 Å². The zero-order valence-corrected chi connectivity index (χ0v) is 6.28. The van der Waals surface area contributed by atoms with Gasteiger partial charge in [0.1, 0.15) is 6.11 Å². The topological polar surface area (TPSA) is 72.8 Å². The van der Waals surface area contributed by atoms with Crippen molar-refractivity contribution in [1.29, 1.82) is 0 Å². The maximum atomic E-state index is 10.5. The number of rotatable bonds is 3. The molecule has 1 atom stereocenters. The number of phosphoric acid groups is 1. The molecule has 0 aliphatic carbocycles. The lowest BCUT2D eigenvalue weighted by molar-refractivity contribution is -0.130. The van der Waals surface area contributed by atoms with Crippen LogP contribution in [0.4, 0.5) is 0 Å². The SMILES string of the molecule is C#COP(=O)(O)OC(=O)C=C. The van der Waals surface area contributed by atoms with Crippen LogP contribution in [0, 0.1) is 12.5 Å². The van der Waals surface area contributed by atoms with Crippen molar-refractivity contribution in [3.63, 3.8) is 0 Å². The normalized spacial score (nSPS) is 13.8. The third-order valence-electron chi connectivity index (χ3n) is 0.540. The molecule has 0 radical (unpaired) electrons. The lowest BCUT2D eigenvalue weighted by atomic mass is 10.7. The monoisotopic (exact) mass is 176 g/mol. The van der Waals surface area contributed by atoms with Gasteiger partial charge in [-0.2, -0.15) is 0 Å². The molecule has 0 aromatic heterocycles. The van der Waals surface area contributed by atoms with Crippen LogP contribution in [-0.2, 0) is 18.4 Å². The van der Waals surface area contributed by atoms with Gasteiger partial charge in [0.05, 0.1) is 0 Å². The van der Waals surface area contributed by atoms with Crippen LogP contribution in [0.3, 0.4) is 0 Å². The molecule has 0 heterocycles. The van der Waals surface area contributed by atoms with E-state index in [9.17, 15) is 9.36 Å². The average molecular weight is 176 g/mol. The van der Waals surface area contributed by atoms with Crippen molar-refractivity contribution in [3.05, 3.63) is 12.7 Å². The predicted octanol–water partition coefficient (Wildman–Crippen LogP) is 0.423. The molecule has 0 aliphatic heterocycles. The van der Waals surface area contributed by atoms with E-state index in [1.807, 2.05) is 0 Å². The predicted molar refractivity (Wildman–Crippen MR) is 36.0 cm³/mol. The molecule has 0 aliphatic rings. The Labute approximate surface area is 63.2 Å². The number of carbonyl (C=O) groups excluding carboxylic acids is 1. The first-order valence-electron chi connectivity index (χ1n) is 2.35. The van der Waals surface area contributed by atoms with Crippen LogP contribution in [0.2, 0.25) is 0 Å². The molecule has 0 saturated heterocycles. The summed E-state index contributed by atoms with van der Waals surface area (Å²) in [5.74, 6) is -1.08. The minimum absolute atomic E-state index is 0.711. The molecule has 6 heteroatoms. The van der Waals surface area contributed by atoms with Crippen LogP contribution < -0.4 is 0 Å². The second-order valence-electron chi connectivity index (χ2n) is 1.29. The van der Waals surface area contributed by atoms with E-state index in [-0.39, 0.29) is 0 Å². The molecule has 0 rings (SSSR count). The second-order valence-corrected chi connectivity index (χ2v) is 2.59. The largest absolute Gasteiger partial charge is 0.595 e. The summed E-state index contributed by atoms with van der Waals surface area (Å²) in [5, 5.41) is 0. The van der Waals surface area contributed by atoms with Crippen molar-refractivity contribution in [2.45, 2.75) is 0 Å². The van der Waals surface area contributed by atoms with Crippen molar-refractivity contribution in [3.8, 4) is 12.5 Å². The highest BCUT2D eigenvalue weighted by atomic mass is 31.2. The first-order valence-corrected chi connectivity index (χ1v) is 3.84. The van der Waals surface area contributed by atoms with Crippen molar-refractivity contribution in [2.24, 2.45) is 0 Å². The van der Waals surface area contributed by atoms with Gasteiger partial charge in [-0.1, -0.05) is 13.0 Å². The summed E-state index contributed by atoms with van der Waals surface area (Å²) >= 11 is 0. The number of terminal acetylenes is 1. The lowest BCUT2D eigenvalue weighted by Gasteiger charge is -2.04. The molecule has 0 spiro atoms. The van der Waals surface area contributed by atoms with Crippen LogP contribution >= 0.6 is 7.82 Å². The highest BCUT2D eigenvalue weighted by Crippen LogP contribution is 2.42. The Kier molecular flexibility index (Phi) is 3.38. The zero-order valence-electron chi connectivity index (χ0n) is 5.39. The van der Waals surface area contributed by atoms with Gasteiger partial charge in [0.15, 0.2) is 0 Å². The highest BCUT2D eigenvalue weighted by Gasteiger charge is 2.25. The molecule has 1 N–H and O–H groups in total. The van der Waals surface area contributed by atoms with E-state index in [0.717, 1.165) is 0 Å². The fourth-order valence-corrected chi connectivity index (χ4v) is 0.709. The number of hydrogen-bond acceptors (Lipinski definition) is 4. The Morgan fingerprint density at radius 2 is 2.36 bits per heavy atom. The molecule has 5 nitrogen and oxygen atoms in total. The average Bonchev–Trinajstić information content (AvgIpc) is 1.86. The Bertz CT molecular complexity index is 250. The van der Waals surface area contributed by atoms with E-state index in [4.69, 9.17) is 4.89 Å². The standard InChI is InChI=1S/C5H5O5P/c1-3-5(6)10-11(7,8)9-4-2/h2-3H,1H2,(H,7,8). The summed E-state index contributed by atoms with van der Waals surface area (Å²) in [6, 6.07) is 0. The zero-order chi connectivity index (χ0) is 8.91. The molecular weight excluding hydrogens is 171 g/mol. The van der Waals surface area contributed by atoms with E-state index in [1.165, 1.54) is 6.11 Å². The molecule has 0 amide bonds. The van der Waals surface area contributed by atoms with Crippen LogP contribution in [0.1, 0.15) is 0 Å². The summed E-state index contributed by atoms with van der Waals surface area (Å²) in [7, 11) is -4.42. The fourth-order valence-electron chi connectivity index (χ4n) is 0.236. The van der Waals surface area contributed by atoms with Gasteiger partial charge >= 0.3 is 13.8 Å². The summed E-state index contributed by atoms with van der Waals surface area (Å²) in [6.45, 7) is 2.99. The molecule has 0 bridgehead atoms. The minimum Gasteiger partial charge on any atom is -0.357 e. The van der Waals surface area contributed by atoms with Crippen LogP contribution in [0.25, 0.3) is 0 Å². The smallest absolute Gasteiger partial charge is 0.357 e. The van der Waals surface area contributed by atoms with Crippen molar-refractivity contribution < 1.29 is 23.3 Å². The van der Waals surface area contributed by atoms with E-state index in [2.05, 4.69) is 22.0 Å². The van der Waals surface area contributed by atoms with E-state index >= 15 is 0 Å². The Morgan fingerprint density at radius 3 is 2.73 bits per heavy atom. The quantitative estimate of drug-likeness (QED) is 0.383. The van der Waals surface area contributed by atoms with Crippen LogP contribution in [0.5, 0.6) is 0 Å². The lowest BCUT2D eigenvalue weighted by Crippen LogP contribution is -1.98. The third kappa shape index (κ3) is 4.20. The van der Waals surface area contributed by atoms with Gasteiger partial charge in [0.2, 0.25) is 0 Å². The molecule has 0 aromatic rings. The van der Waals surface area contributed by atoms with Crippen molar-refractivity contribution >= 4 is 13.8 Å². The van der Waals surface area contributed by atoms with Gasteiger partial charge < -0.3 is 9.05 Å². The maximum Gasteiger partial charge on any atom is 0.595 e. The molecule has 60 valence electrons. The summed E-state index contributed by atoms with van der Waals surface area (Å²) < 4.78 is 18.0. The minimum atomic E-state index is -4.42. The number of carbonyl (C=O) groups is 1. The highest BCUT2D eigenvalue weighted by molar-refractivity contribution is 7.48. The summed E-state index contributed by atoms with van der Waals surface area (Å²) in [4.78, 5) is 18.8. The maximum absolute atomic E-state index is 10.5. The van der Waals surface area contributed by atoms with Gasteiger partial charge in [0, 0.05) is 6.08 Å². The molecule has 0 saturated carbocycles. The summed E-state index contributed by atoms with van der Waals surface area (Å²) in [5.41, 5.74) is 0. The molecule has 0 aromatic carbocycles. The van der Waals surface area contributed by atoms with Crippen molar-refractivity contribution in [2.75, 3.05) is 0 Å². The molecule has 11 heavy (non-hydrogen) atoms. The Hall–Kier alpha value is -1.24. The van der Waals surface area contributed by atoms with Crippen LogP contribution in [-0.4, -0.2) is 10.9 Å². The first-order chi connectivity index (χ1) is 5.02. The molecular formula is C5H5O5P. The van der Waals surface area contributed by atoms with E-state index in [0.29, 0.717) is 6.08 Å². The molecule has 1 unspecified atom stereocenters. The second kappa shape index (κ2) is 3.81. The molecule has 0 fully saturated rings. The first kappa shape index (κ1) is 9.76. The summed E-state index contributed by atoms with van der Waals surface area (Å²) in [6.07, 6.45) is 6.63. The van der Waals surface area contributed by atoms with Gasteiger partial charge in [-0.25, -0.2) is 9.36 Å². The van der Waals surface area contributed by atoms with Crippen LogP contribution in [0.15, 0.2) is 12.7 Å². The number of hydrogen-bond donors (Lipinski definition) is 1. The fraction of sp³-hybridized carbons (Fsp3) is 0. The van der Waals surface area contributed by atoms with E-state index < -0.39 is 13.8 Å². The van der Waals surface area contributed by atoms with Gasteiger partial charge in [-0.3, -0.25) is 4.89 Å². The third-order valence-corrected chi connectivity index (χ3v) is 1.29. The van der Waals surface area contributed by atoms with Gasteiger partial charge in [0.25, 0.3) is 0 Å². The van der Waals surface area contributed by atoms with Gasteiger partial charge in [-0.05, 0) is 0 Å². The van der Waals surface area contributed by atoms with E-state index in [1.54, 1.807) is 0 Å².